The number of fused-ring (bicyclic) bond motifs is 1. The molecule has 0 atom stereocenters. The van der Waals surface area contributed by atoms with Crippen LogP contribution in [0.3, 0.4) is 0 Å². The van der Waals surface area contributed by atoms with Crippen molar-refractivity contribution in [3.8, 4) is 11.4 Å². The summed E-state index contributed by atoms with van der Waals surface area (Å²) in [6.07, 6.45) is 0. The van der Waals surface area contributed by atoms with E-state index in [4.69, 9.17) is 9.47 Å². The van der Waals surface area contributed by atoms with Gasteiger partial charge in [-0.05, 0) is 68.4 Å². The predicted octanol–water partition coefficient (Wildman–Crippen LogP) is 6.73. The van der Waals surface area contributed by atoms with Crippen molar-refractivity contribution in [1.29, 1.82) is 0 Å². The Hall–Kier alpha value is -5.24. The lowest BCUT2D eigenvalue weighted by Crippen LogP contribution is -2.18. The lowest BCUT2D eigenvalue weighted by molar-refractivity contribution is 0.0527. The highest BCUT2D eigenvalue weighted by Gasteiger charge is 2.23. The second kappa shape index (κ2) is 11.2. The second-order valence-corrected chi connectivity index (χ2v) is 8.90. The number of nitrogens with one attached hydrogen (secondary N) is 1. The van der Waals surface area contributed by atoms with Crippen LogP contribution >= 0.6 is 0 Å². The zero-order chi connectivity index (χ0) is 28.2. The molecule has 0 saturated heterocycles. The molecule has 0 unspecified atom stereocenters. The summed E-state index contributed by atoms with van der Waals surface area (Å²) in [6, 6.07) is 26.5. The van der Waals surface area contributed by atoms with Crippen LogP contribution in [-0.2, 0) is 4.74 Å². The van der Waals surface area contributed by atoms with E-state index in [0.717, 1.165) is 11.2 Å². The number of benzene rings is 4. The van der Waals surface area contributed by atoms with Crippen LogP contribution in [-0.4, -0.2) is 29.0 Å². The van der Waals surface area contributed by atoms with Gasteiger partial charge >= 0.3 is 11.9 Å². The molecule has 0 aliphatic carbocycles. The molecule has 5 rings (SSSR count). The number of amides is 1. The summed E-state index contributed by atoms with van der Waals surface area (Å²) >= 11 is 0. The molecule has 4 aromatic carbocycles. The van der Waals surface area contributed by atoms with E-state index in [-0.39, 0.29) is 29.2 Å². The number of halogens is 1. The number of hydrogen-bond donors (Lipinski definition) is 1. The van der Waals surface area contributed by atoms with Crippen molar-refractivity contribution in [2.75, 3.05) is 11.9 Å². The van der Waals surface area contributed by atoms with E-state index >= 15 is 0 Å². The van der Waals surface area contributed by atoms with Crippen molar-refractivity contribution in [2.45, 2.75) is 13.8 Å². The van der Waals surface area contributed by atoms with E-state index in [2.05, 4.69) is 5.32 Å². The Morgan fingerprint density at radius 2 is 1.50 bits per heavy atom. The minimum absolute atomic E-state index is 0.0796. The number of hydrogen-bond acceptors (Lipinski definition) is 5. The maximum absolute atomic E-state index is 14.1. The normalized spacial score (nSPS) is 10.8. The van der Waals surface area contributed by atoms with Crippen LogP contribution in [0.15, 0.2) is 97.1 Å². The third-order valence-electron chi connectivity index (χ3n) is 6.39. The van der Waals surface area contributed by atoms with Gasteiger partial charge in [-0.2, -0.15) is 0 Å². The summed E-state index contributed by atoms with van der Waals surface area (Å²) in [6.45, 7) is 3.78. The number of rotatable bonds is 7. The molecule has 1 amide bonds. The number of nitrogens with zero attached hydrogens (tertiary/aromatic N) is 1. The largest absolute Gasteiger partial charge is 0.462 e. The van der Waals surface area contributed by atoms with Gasteiger partial charge in [0.2, 0.25) is 0 Å². The van der Waals surface area contributed by atoms with E-state index in [1.54, 1.807) is 43.3 Å². The predicted molar refractivity (Wildman–Crippen MR) is 150 cm³/mol. The molecule has 0 aliphatic rings. The fourth-order valence-electron chi connectivity index (χ4n) is 4.60. The van der Waals surface area contributed by atoms with E-state index in [0.29, 0.717) is 16.6 Å². The van der Waals surface area contributed by atoms with E-state index in [1.165, 1.54) is 30.3 Å². The van der Waals surface area contributed by atoms with Crippen molar-refractivity contribution in [3.05, 3.63) is 125 Å². The molecule has 0 aliphatic heterocycles. The molecule has 7 nitrogen and oxygen atoms in total. The molecule has 1 N–H and O–H groups in total. The van der Waals surface area contributed by atoms with Gasteiger partial charge in [-0.3, -0.25) is 4.79 Å². The smallest absolute Gasteiger partial charge is 0.345 e. The van der Waals surface area contributed by atoms with Gasteiger partial charge in [0.05, 0.1) is 34.5 Å². The lowest BCUT2D eigenvalue weighted by Gasteiger charge is -2.12. The zero-order valence-electron chi connectivity index (χ0n) is 21.8. The quantitative estimate of drug-likeness (QED) is 0.184. The van der Waals surface area contributed by atoms with Crippen LogP contribution in [0.2, 0.25) is 0 Å². The number of anilines is 1. The molecule has 0 radical (unpaired) electrons. The van der Waals surface area contributed by atoms with Crippen molar-refractivity contribution in [1.82, 2.24) is 4.57 Å². The molecule has 0 saturated carbocycles. The minimum atomic E-state index is -0.735. The fraction of sp³-hybridized carbons (Fsp3) is 0.0938. The molecule has 40 heavy (non-hydrogen) atoms. The van der Waals surface area contributed by atoms with Gasteiger partial charge in [-0.15, -0.1) is 0 Å². The second-order valence-electron chi connectivity index (χ2n) is 8.90. The Morgan fingerprint density at radius 3 is 2.23 bits per heavy atom. The standard InChI is InChI=1S/C32H25FN2O5/c1-3-39-32(38)29-20(2)35(21-11-5-4-6-12-21)28-18-17-22(19-25(28)29)40-31(37)24-14-8-10-16-27(24)34-30(36)23-13-7-9-15-26(23)33/h4-19H,3H2,1-2H3,(H,34,36). The van der Waals surface area contributed by atoms with Gasteiger partial charge in [-0.1, -0.05) is 42.5 Å². The first kappa shape index (κ1) is 26.4. The Bertz CT molecular complexity index is 1740. The van der Waals surface area contributed by atoms with Crippen LogP contribution in [0.5, 0.6) is 5.75 Å². The van der Waals surface area contributed by atoms with Gasteiger partial charge in [0, 0.05) is 16.8 Å². The van der Waals surface area contributed by atoms with Crippen LogP contribution in [0, 0.1) is 12.7 Å². The molecule has 0 spiro atoms. The molecule has 0 fully saturated rings. The SMILES string of the molecule is CCOC(=O)c1c(C)n(-c2ccccc2)c2ccc(OC(=O)c3ccccc3NC(=O)c3ccccc3F)cc12. The highest BCUT2D eigenvalue weighted by molar-refractivity contribution is 6.09. The van der Waals surface area contributed by atoms with E-state index in [9.17, 15) is 18.8 Å². The Kier molecular flexibility index (Phi) is 7.41. The molecule has 5 aromatic rings. The first-order valence-electron chi connectivity index (χ1n) is 12.6. The van der Waals surface area contributed by atoms with Crippen LogP contribution in [0.4, 0.5) is 10.1 Å². The van der Waals surface area contributed by atoms with Crippen molar-refractivity contribution >= 4 is 34.4 Å². The number of carbonyl (C=O) groups is 3. The third-order valence-corrected chi connectivity index (χ3v) is 6.39. The van der Waals surface area contributed by atoms with Crippen LogP contribution in [0.25, 0.3) is 16.6 Å². The molecular weight excluding hydrogens is 511 g/mol. The average Bonchev–Trinajstić information content (AvgIpc) is 3.25. The molecule has 0 bridgehead atoms. The number of para-hydroxylation sites is 2. The highest BCUT2D eigenvalue weighted by atomic mass is 19.1. The molecule has 1 heterocycles. The summed E-state index contributed by atoms with van der Waals surface area (Å²) in [5.41, 5.74) is 2.76. The summed E-state index contributed by atoms with van der Waals surface area (Å²) in [7, 11) is 0. The minimum Gasteiger partial charge on any atom is -0.462 e. The van der Waals surface area contributed by atoms with Gasteiger partial charge < -0.3 is 19.4 Å². The Morgan fingerprint density at radius 1 is 0.825 bits per heavy atom. The Balaban J connectivity index is 1.49. The maximum atomic E-state index is 14.1. The number of ether oxygens (including phenoxy) is 2. The van der Waals surface area contributed by atoms with E-state index < -0.39 is 23.7 Å². The summed E-state index contributed by atoms with van der Waals surface area (Å²) in [4.78, 5) is 38.9. The first-order chi connectivity index (χ1) is 19.4. The monoisotopic (exact) mass is 536 g/mol. The first-order valence-corrected chi connectivity index (χ1v) is 12.6. The van der Waals surface area contributed by atoms with E-state index in [1.807, 2.05) is 41.8 Å². The Labute approximate surface area is 229 Å². The molecule has 1 aromatic heterocycles. The molecule has 200 valence electrons. The van der Waals surface area contributed by atoms with Crippen molar-refractivity contribution in [3.63, 3.8) is 0 Å². The molecular formula is C32H25FN2O5. The zero-order valence-corrected chi connectivity index (χ0v) is 21.8. The van der Waals surface area contributed by atoms with Gasteiger partial charge in [-0.25, -0.2) is 14.0 Å². The van der Waals surface area contributed by atoms with Crippen molar-refractivity contribution < 1.29 is 28.2 Å². The third kappa shape index (κ3) is 5.07. The molecule has 8 heteroatoms. The number of aromatic nitrogens is 1. The van der Waals surface area contributed by atoms with Gasteiger partial charge in [0.1, 0.15) is 11.6 Å². The highest BCUT2D eigenvalue weighted by Crippen LogP contribution is 2.33. The lowest BCUT2D eigenvalue weighted by atomic mass is 10.1. The van der Waals surface area contributed by atoms with Gasteiger partial charge in [0.15, 0.2) is 0 Å². The maximum Gasteiger partial charge on any atom is 0.345 e. The summed E-state index contributed by atoms with van der Waals surface area (Å²) in [5, 5.41) is 3.15. The van der Waals surface area contributed by atoms with Crippen LogP contribution in [0.1, 0.15) is 43.7 Å². The summed E-state index contributed by atoms with van der Waals surface area (Å²) < 4.78 is 27.1. The topological polar surface area (TPSA) is 86.6 Å². The van der Waals surface area contributed by atoms with Gasteiger partial charge in [0.25, 0.3) is 5.91 Å². The fourth-order valence-corrected chi connectivity index (χ4v) is 4.60. The summed E-state index contributed by atoms with van der Waals surface area (Å²) in [5.74, 6) is -2.39. The van der Waals surface area contributed by atoms with Crippen molar-refractivity contribution in [2.24, 2.45) is 0 Å². The number of esters is 2. The number of carbonyl (C=O) groups excluding carboxylic acids is 3. The van der Waals surface area contributed by atoms with Crippen LogP contribution < -0.4 is 10.1 Å². The average molecular weight is 537 g/mol.